The molecule has 0 saturated carbocycles. The molecule has 0 atom stereocenters. The highest BCUT2D eigenvalue weighted by molar-refractivity contribution is 7.80. The summed E-state index contributed by atoms with van der Waals surface area (Å²) in [5.41, 5.74) is 0.742. The summed E-state index contributed by atoms with van der Waals surface area (Å²) in [5, 5.41) is 4.50. The Bertz CT molecular complexity index is 323. The number of ether oxygens (including phenoxy) is 2. The molecular formula is C9H14N2O2S. The monoisotopic (exact) mass is 214 g/mol. The van der Waals surface area contributed by atoms with Gasteiger partial charge in [-0.1, -0.05) is 0 Å². The molecule has 4 nitrogen and oxygen atoms in total. The van der Waals surface area contributed by atoms with Gasteiger partial charge in [-0.25, -0.2) is 4.68 Å². The highest BCUT2D eigenvalue weighted by Gasteiger charge is 2.14. The topological polar surface area (TPSA) is 36.3 Å². The molecule has 0 radical (unpaired) electrons. The fourth-order valence-corrected chi connectivity index (χ4v) is 1.34. The average Bonchev–Trinajstić information content (AvgIpc) is 2.50. The van der Waals surface area contributed by atoms with Crippen molar-refractivity contribution < 1.29 is 9.47 Å². The molecule has 0 amide bonds. The minimum atomic E-state index is 0.434. The number of hydrogen-bond acceptors (Lipinski definition) is 4. The number of aromatic nitrogens is 2. The first-order valence-corrected chi connectivity index (χ1v) is 4.93. The zero-order chi connectivity index (χ0) is 10.6. The summed E-state index contributed by atoms with van der Waals surface area (Å²) in [7, 11) is 1.81. The maximum Gasteiger partial charge on any atom is 0.223 e. The Balaban J connectivity index is 2.90. The van der Waals surface area contributed by atoms with Gasteiger partial charge in [0.2, 0.25) is 5.88 Å². The van der Waals surface area contributed by atoms with Gasteiger partial charge >= 0.3 is 0 Å². The Labute approximate surface area is 88.8 Å². The minimum Gasteiger partial charge on any atom is -0.483 e. The van der Waals surface area contributed by atoms with Crippen LogP contribution in [0, 0.1) is 0 Å². The van der Waals surface area contributed by atoms with Crippen LogP contribution in [0.3, 0.4) is 0 Å². The molecule has 0 bridgehead atoms. The molecule has 0 aliphatic carbocycles. The van der Waals surface area contributed by atoms with E-state index in [1.807, 2.05) is 20.9 Å². The van der Waals surface area contributed by atoms with Crippen LogP contribution in [0.5, 0.6) is 5.88 Å². The number of aryl methyl sites for hydroxylation is 1. The molecule has 0 spiro atoms. The summed E-state index contributed by atoms with van der Waals surface area (Å²) in [6.45, 7) is 4.95. The SMILES string of the molecule is CCOC(=S)c1cnn(C)c1OCC. The van der Waals surface area contributed by atoms with E-state index in [0.29, 0.717) is 24.1 Å². The summed E-state index contributed by atoms with van der Waals surface area (Å²) in [5.74, 6) is 0.658. The van der Waals surface area contributed by atoms with Crippen LogP contribution >= 0.6 is 12.2 Å². The Morgan fingerprint density at radius 2 is 2.21 bits per heavy atom. The quantitative estimate of drug-likeness (QED) is 0.712. The standard InChI is InChI=1S/C9H14N2O2S/c1-4-12-8-7(6-10-11(8)3)9(14)13-5-2/h6H,4-5H2,1-3H3. The molecule has 1 rings (SSSR count). The van der Waals surface area contributed by atoms with Crippen molar-refractivity contribution in [3.05, 3.63) is 11.8 Å². The van der Waals surface area contributed by atoms with Gasteiger partial charge in [-0.15, -0.1) is 0 Å². The third kappa shape index (κ3) is 2.23. The Kier molecular flexibility index (Phi) is 3.88. The Morgan fingerprint density at radius 3 is 2.79 bits per heavy atom. The number of nitrogens with zero attached hydrogens (tertiary/aromatic N) is 2. The van der Waals surface area contributed by atoms with Crippen LogP contribution < -0.4 is 4.74 Å². The van der Waals surface area contributed by atoms with Crippen molar-refractivity contribution >= 4 is 17.3 Å². The molecule has 0 fully saturated rings. The molecule has 0 unspecified atom stereocenters. The van der Waals surface area contributed by atoms with E-state index in [1.54, 1.807) is 10.9 Å². The van der Waals surface area contributed by atoms with Crippen LogP contribution in [0.4, 0.5) is 0 Å². The van der Waals surface area contributed by atoms with Crippen molar-refractivity contribution in [3.8, 4) is 5.88 Å². The fraction of sp³-hybridized carbons (Fsp3) is 0.556. The van der Waals surface area contributed by atoms with Crippen LogP contribution in [-0.4, -0.2) is 28.0 Å². The second-order valence-electron chi connectivity index (χ2n) is 2.64. The third-order valence-electron chi connectivity index (χ3n) is 1.66. The summed E-state index contributed by atoms with van der Waals surface area (Å²) in [4.78, 5) is 0. The van der Waals surface area contributed by atoms with Gasteiger partial charge in [0, 0.05) is 7.05 Å². The van der Waals surface area contributed by atoms with Crippen molar-refractivity contribution in [1.29, 1.82) is 0 Å². The van der Waals surface area contributed by atoms with Gasteiger partial charge in [0.15, 0.2) is 5.05 Å². The van der Waals surface area contributed by atoms with Crippen molar-refractivity contribution in [2.45, 2.75) is 13.8 Å². The van der Waals surface area contributed by atoms with Crippen LogP contribution in [0.15, 0.2) is 6.20 Å². The zero-order valence-corrected chi connectivity index (χ0v) is 9.43. The van der Waals surface area contributed by atoms with E-state index in [4.69, 9.17) is 21.7 Å². The van der Waals surface area contributed by atoms with Gasteiger partial charge in [0.1, 0.15) is 5.56 Å². The first-order chi connectivity index (χ1) is 6.70. The molecule has 0 aliphatic rings. The number of thiocarbonyl (C=S) groups is 1. The molecule has 14 heavy (non-hydrogen) atoms. The van der Waals surface area contributed by atoms with Crippen molar-refractivity contribution in [2.75, 3.05) is 13.2 Å². The van der Waals surface area contributed by atoms with E-state index in [1.165, 1.54) is 0 Å². The summed E-state index contributed by atoms with van der Waals surface area (Å²) in [6.07, 6.45) is 1.66. The Morgan fingerprint density at radius 1 is 1.50 bits per heavy atom. The lowest BCUT2D eigenvalue weighted by Crippen LogP contribution is -2.07. The lowest BCUT2D eigenvalue weighted by Gasteiger charge is -2.07. The smallest absolute Gasteiger partial charge is 0.223 e. The molecule has 0 saturated heterocycles. The van der Waals surface area contributed by atoms with E-state index >= 15 is 0 Å². The molecule has 1 aromatic rings. The lowest BCUT2D eigenvalue weighted by atomic mass is 10.3. The Hall–Kier alpha value is -1.10. The highest BCUT2D eigenvalue weighted by atomic mass is 32.1. The average molecular weight is 214 g/mol. The molecule has 0 N–H and O–H groups in total. The molecular weight excluding hydrogens is 200 g/mol. The largest absolute Gasteiger partial charge is 0.483 e. The van der Waals surface area contributed by atoms with E-state index in [2.05, 4.69) is 5.10 Å². The predicted octanol–water partition coefficient (Wildman–Crippen LogP) is 1.53. The van der Waals surface area contributed by atoms with Gasteiger partial charge < -0.3 is 9.47 Å². The molecule has 78 valence electrons. The third-order valence-corrected chi connectivity index (χ3v) is 2.00. The van der Waals surface area contributed by atoms with Gasteiger partial charge in [0.05, 0.1) is 19.4 Å². The first-order valence-electron chi connectivity index (χ1n) is 4.52. The fourth-order valence-electron chi connectivity index (χ4n) is 1.08. The number of rotatable bonds is 4. The first kappa shape index (κ1) is 11.0. The van der Waals surface area contributed by atoms with Gasteiger partial charge in [-0.05, 0) is 26.1 Å². The molecule has 5 heteroatoms. The van der Waals surface area contributed by atoms with Crippen LogP contribution in [-0.2, 0) is 11.8 Å². The number of hydrogen-bond donors (Lipinski definition) is 0. The minimum absolute atomic E-state index is 0.434. The van der Waals surface area contributed by atoms with Crippen molar-refractivity contribution in [2.24, 2.45) is 7.05 Å². The van der Waals surface area contributed by atoms with Gasteiger partial charge in [-0.2, -0.15) is 5.10 Å². The predicted molar refractivity (Wildman–Crippen MR) is 57.7 cm³/mol. The second kappa shape index (κ2) is 4.95. The lowest BCUT2D eigenvalue weighted by molar-refractivity contribution is 0.303. The normalized spacial score (nSPS) is 9.93. The van der Waals surface area contributed by atoms with Crippen LogP contribution in [0.25, 0.3) is 0 Å². The van der Waals surface area contributed by atoms with Crippen molar-refractivity contribution in [1.82, 2.24) is 9.78 Å². The van der Waals surface area contributed by atoms with Crippen LogP contribution in [0.2, 0.25) is 0 Å². The zero-order valence-electron chi connectivity index (χ0n) is 8.61. The molecule has 1 aromatic heterocycles. The highest BCUT2D eigenvalue weighted by Crippen LogP contribution is 2.18. The van der Waals surface area contributed by atoms with Crippen molar-refractivity contribution in [3.63, 3.8) is 0 Å². The van der Waals surface area contributed by atoms with Gasteiger partial charge in [0.25, 0.3) is 0 Å². The van der Waals surface area contributed by atoms with Crippen LogP contribution in [0.1, 0.15) is 19.4 Å². The van der Waals surface area contributed by atoms with E-state index < -0.39 is 0 Å². The summed E-state index contributed by atoms with van der Waals surface area (Å²) in [6, 6.07) is 0. The maximum atomic E-state index is 5.41. The van der Waals surface area contributed by atoms with E-state index in [9.17, 15) is 0 Å². The summed E-state index contributed by atoms with van der Waals surface area (Å²) < 4.78 is 12.3. The van der Waals surface area contributed by atoms with Gasteiger partial charge in [-0.3, -0.25) is 0 Å². The molecule has 0 aliphatic heterocycles. The maximum absolute atomic E-state index is 5.41. The van der Waals surface area contributed by atoms with E-state index in [0.717, 1.165) is 5.56 Å². The second-order valence-corrected chi connectivity index (χ2v) is 3.01. The molecule has 0 aromatic carbocycles. The molecule has 1 heterocycles. The summed E-state index contributed by atoms with van der Waals surface area (Å²) >= 11 is 5.08. The van der Waals surface area contributed by atoms with E-state index in [-0.39, 0.29) is 0 Å².